The molecule has 134 valence electrons. The van der Waals surface area contributed by atoms with Crippen LogP contribution in [0, 0.1) is 0 Å². The number of anilines is 2. The number of nitrogens with zero attached hydrogens (tertiary/aromatic N) is 4. The lowest BCUT2D eigenvalue weighted by Gasteiger charge is -2.24. The zero-order chi connectivity index (χ0) is 18.4. The van der Waals surface area contributed by atoms with Gasteiger partial charge in [0.1, 0.15) is 5.82 Å². The van der Waals surface area contributed by atoms with Gasteiger partial charge in [-0.05, 0) is 19.4 Å². The lowest BCUT2D eigenvalue weighted by molar-refractivity contribution is 0.820. The van der Waals surface area contributed by atoms with Crippen LogP contribution >= 0.6 is 0 Å². The summed E-state index contributed by atoms with van der Waals surface area (Å²) in [5.74, 6) is 1.72. The maximum atomic E-state index is 4.84. The van der Waals surface area contributed by atoms with E-state index in [9.17, 15) is 0 Å². The summed E-state index contributed by atoms with van der Waals surface area (Å²) in [7, 11) is 2.04. The average Bonchev–Trinajstić information content (AvgIpc) is 2.70. The zero-order valence-corrected chi connectivity index (χ0v) is 15.8. The third kappa shape index (κ3) is 4.20. The van der Waals surface area contributed by atoms with Gasteiger partial charge in [0.25, 0.3) is 0 Å². The molecule has 0 aliphatic heterocycles. The quantitative estimate of drug-likeness (QED) is 0.624. The first-order valence-electron chi connectivity index (χ1n) is 9.15. The molecule has 0 amide bonds. The first kappa shape index (κ1) is 17.9. The molecule has 0 saturated heterocycles. The number of benzene rings is 2. The summed E-state index contributed by atoms with van der Waals surface area (Å²) in [6.45, 7) is 6.92. The Labute approximate surface area is 156 Å². The highest BCUT2D eigenvalue weighted by Crippen LogP contribution is 2.25. The van der Waals surface area contributed by atoms with Crippen LogP contribution in [0.5, 0.6) is 0 Å². The molecular weight excluding hydrogens is 320 g/mol. The van der Waals surface area contributed by atoms with Crippen LogP contribution in [0.3, 0.4) is 0 Å². The Morgan fingerprint density at radius 1 is 0.808 bits per heavy atom. The van der Waals surface area contributed by atoms with Gasteiger partial charge in [0.15, 0.2) is 0 Å². The number of hydrogen-bond acceptors (Lipinski definition) is 4. The Bertz CT molecular complexity index is 814. The van der Waals surface area contributed by atoms with Gasteiger partial charge in [0.05, 0.1) is 5.69 Å². The second kappa shape index (κ2) is 8.48. The minimum Gasteiger partial charge on any atom is -0.357 e. The molecule has 0 fully saturated rings. The van der Waals surface area contributed by atoms with Crippen molar-refractivity contribution in [2.24, 2.45) is 0 Å². The number of aromatic nitrogens is 2. The summed E-state index contributed by atoms with van der Waals surface area (Å²) < 4.78 is 0. The van der Waals surface area contributed by atoms with Gasteiger partial charge in [-0.2, -0.15) is 4.98 Å². The third-order valence-corrected chi connectivity index (χ3v) is 4.46. The van der Waals surface area contributed by atoms with Crippen molar-refractivity contribution in [3.05, 3.63) is 72.3 Å². The van der Waals surface area contributed by atoms with Crippen LogP contribution < -0.4 is 9.80 Å². The van der Waals surface area contributed by atoms with E-state index < -0.39 is 0 Å². The summed E-state index contributed by atoms with van der Waals surface area (Å²) >= 11 is 0. The molecule has 26 heavy (non-hydrogen) atoms. The predicted molar refractivity (Wildman–Crippen MR) is 110 cm³/mol. The highest BCUT2D eigenvalue weighted by atomic mass is 15.3. The normalized spacial score (nSPS) is 10.6. The molecule has 0 aliphatic rings. The van der Waals surface area contributed by atoms with Crippen molar-refractivity contribution in [2.45, 2.75) is 20.4 Å². The van der Waals surface area contributed by atoms with E-state index in [4.69, 9.17) is 9.97 Å². The Hall–Kier alpha value is -2.88. The molecule has 0 atom stereocenters. The molecule has 3 rings (SSSR count). The molecule has 0 spiro atoms. The molecule has 4 heteroatoms. The fourth-order valence-corrected chi connectivity index (χ4v) is 2.99. The number of rotatable bonds is 7. The largest absolute Gasteiger partial charge is 0.357 e. The maximum absolute atomic E-state index is 4.84. The highest BCUT2D eigenvalue weighted by Gasteiger charge is 2.13. The van der Waals surface area contributed by atoms with Gasteiger partial charge in [-0.25, -0.2) is 4.98 Å². The number of hydrogen-bond donors (Lipinski definition) is 0. The molecule has 0 N–H and O–H groups in total. The van der Waals surface area contributed by atoms with Crippen molar-refractivity contribution in [1.29, 1.82) is 0 Å². The van der Waals surface area contributed by atoms with Gasteiger partial charge in [-0.3, -0.25) is 0 Å². The van der Waals surface area contributed by atoms with Crippen molar-refractivity contribution >= 4 is 11.8 Å². The third-order valence-electron chi connectivity index (χ3n) is 4.46. The van der Waals surface area contributed by atoms with E-state index in [2.05, 4.69) is 66.1 Å². The fraction of sp³-hybridized carbons (Fsp3) is 0.273. The zero-order valence-electron chi connectivity index (χ0n) is 15.8. The summed E-state index contributed by atoms with van der Waals surface area (Å²) in [6, 6.07) is 22.8. The molecular formula is C22H26N4. The van der Waals surface area contributed by atoms with Gasteiger partial charge >= 0.3 is 0 Å². The van der Waals surface area contributed by atoms with Crippen LogP contribution in [0.15, 0.2) is 66.7 Å². The van der Waals surface area contributed by atoms with Crippen molar-refractivity contribution < 1.29 is 0 Å². The van der Waals surface area contributed by atoms with Crippen LogP contribution in [-0.4, -0.2) is 30.1 Å². The summed E-state index contributed by atoms with van der Waals surface area (Å²) in [6.07, 6.45) is 0. The van der Waals surface area contributed by atoms with Gasteiger partial charge in [0.2, 0.25) is 5.95 Å². The Kier molecular flexibility index (Phi) is 5.84. The minimum atomic E-state index is 0.747. The van der Waals surface area contributed by atoms with E-state index in [1.807, 2.05) is 31.3 Å². The first-order valence-corrected chi connectivity index (χ1v) is 9.15. The topological polar surface area (TPSA) is 32.3 Å². The SMILES string of the molecule is CCN(CC)c1cc(-c2ccccc2)nc(N(C)Cc2ccccc2)n1. The van der Waals surface area contributed by atoms with E-state index in [0.29, 0.717) is 0 Å². The maximum Gasteiger partial charge on any atom is 0.227 e. The van der Waals surface area contributed by atoms with E-state index in [0.717, 1.165) is 42.7 Å². The molecule has 4 nitrogen and oxygen atoms in total. The first-order chi connectivity index (χ1) is 12.7. The van der Waals surface area contributed by atoms with Gasteiger partial charge in [-0.15, -0.1) is 0 Å². The molecule has 0 bridgehead atoms. The van der Waals surface area contributed by atoms with Gasteiger partial charge in [0, 0.05) is 38.3 Å². The van der Waals surface area contributed by atoms with E-state index in [-0.39, 0.29) is 0 Å². The summed E-state index contributed by atoms with van der Waals surface area (Å²) in [4.78, 5) is 14.0. The molecule has 1 heterocycles. The molecule has 3 aromatic rings. The van der Waals surface area contributed by atoms with E-state index in [1.54, 1.807) is 0 Å². The second-order valence-electron chi connectivity index (χ2n) is 6.29. The minimum absolute atomic E-state index is 0.747. The predicted octanol–water partition coefficient (Wildman–Crippen LogP) is 4.63. The van der Waals surface area contributed by atoms with Crippen LogP contribution in [0.2, 0.25) is 0 Å². The fourth-order valence-electron chi connectivity index (χ4n) is 2.99. The Morgan fingerprint density at radius 2 is 1.42 bits per heavy atom. The van der Waals surface area contributed by atoms with Crippen molar-refractivity contribution in [3.63, 3.8) is 0 Å². The Balaban J connectivity index is 1.99. The van der Waals surface area contributed by atoms with Crippen LogP contribution in [-0.2, 0) is 6.54 Å². The van der Waals surface area contributed by atoms with Gasteiger partial charge in [-0.1, -0.05) is 60.7 Å². The second-order valence-corrected chi connectivity index (χ2v) is 6.29. The molecule has 0 saturated carbocycles. The van der Waals surface area contributed by atoms with Crippen LogP contribution in [0.4, 0.5) is 11.8 Å². The molecule has 0 radical (unpaired) electrons. The monoisotopic (exact) mass is 346 g/mol. The standard InChI is InChI=1S/C22H26N4/c1-4-26(5-2)21-16-20(19-14-10-7-11-15-19)23-22(24-21)25(3)17-18-12-8-6-9-13-18/h6-16H,4-5,17H2,1-3H3. The molecule has 2 aromatic carbocycles. The van der Waals surface area contributed by atoms with Crippen molar-refractivity contribution in [1.82, 2.24) is 9.97 Å². The van der Waals surface area contributed by atoms with Crippen molar-refractivity contribution in [3.8, 4) is 11.3 Å². The van der Waals surface area contributed by atoms with E-state index in [1.165, 1.54) is 5.56 Å². The smallest absolute Gasteiger partial charge is 0.227 e. The van der Waals surface area contributed by atoms with Crippen molar-refractivity contribution in [2.75, 3.05) is 29.9 Å². The lowest BCUT2D eigenvalue weighted by atomic mass is 10.1. The summed E-state index contributed by atoms with van der Waals surface area (Å²) in [5, 5.41) is 0. The van der Waals surface area contributed by atoms with Gasteiger partial charge < -0.3 is 9.80 Å². The van der Waals surface area contributed by atoms with E-state index >= 15 is 0 Å². The highest BCUT2D eigenvalue weighted by molar-refractivity contribution is 5.65. The molecule has 1 aromatic heterocycles. The molecule has 0 unspecified atom stereocenters. The average molecular weight is 346 g/mol. The van der Waals surface area contributed by atoms with Crippen LogP contribution in [0.25, 0.3) is 11.3 Å². The Morgan fingerprint density at radius 3 is 2.04 bits per heavy atom. The molecule has 0 aliphatic carbocycles. The summed E-state index contributed by atoms with van der Waals surface area (Å²) in [5.41, 5.74) is 3.31. The lowest BCUT2D eigenvalue weighted by Crippen LogP contribution is -2.25. The van der Waals surface area contributed by atoms with Crippen LogP contribution in [0.1, 0.15) is 19.4 Å².